The van der Waals surface area contributed by atoms with Crippen molar-refractivity contribution >= 4 is 5.69 Å². The second kappa shape index (κ2) is 5.47. The lowest BCUT2D eigenvalue weighted by atomic mass is 10.1. The molecule has 1 aromatic carbocycles. The van der Waals surface area contributed by atoms with Crippen LogP contribution in [0, 0.1) is 17.1 Å². The standard InChI is InChI=1S/C12H16FN3/c1-9(8-16(2)3)15-12-6-4-5-11(13)10(12)7-14/h4-6,9,15H,8H2,1-3H3. The molecule has 3 nitrogen and oxygen atoms in total. The van der Waals surface area contributed by atoms with Crippen molar-refractivity contribution in [1.82, 2.24) is 4.90 Å². The van der Waals surface area contributed by atoms with E-state index >= 15 is 0 Å². The van der Waals surface area contributed by atoms with Gasteiger partial charge in [-0.05, 0) is 33.2 Å². The lowest BCUT2D eigenvalue weighted by Crippen LogP contribution is -2.29. The molecule has 1 aromatic rings. The van der Waals surface area contributed by atoms with E-state index in [9.17, 15) is 4.39 Å². The van der Waals surface area contributed by atoms with Gasteiger partial charge in [0.25, 0.3) is 0 Å². The number of nitrogens with zero attached hydrogens (tertiary/aromatic N) is 2. The third-order valence-electron chi connectivity index (χ3n) is 2.17. The van der Waals surface area contributed by atoms with Gasteiger partial charge in [0.2, 0.25) is 0 Å². The Morgan fingerprint density at radius 3 is 2.75 bits per heavy atom. The van der Waals surface area contributed by atoms with Gasteiger partial charge in [-0.15, -0.1) is 0 Å². The Labute approximate surface area is 95.5 Å². The molecule has 0 aromatic heterocycles. The van der Waals surface area contributed by atoms with Gasteiger partial charge in [-0.1, -0.05) is 6.07 Å². The summed E-state index contributed by atoms with van der Waals surface area (Å²) in [6.45, 7) is 2.81. The Kier molecular flexibility index (Phi) is 4.27. The van der Waals surface area contributed by atoms with E-state index in [1.165, 1.54) is 6.07 Å². The van der Waals surface area contributed by atoms with Gasteiger partial charge in [-0.25, -0.2) is 4.39 Å². The summed E-state index contributed by atoms with van der Waals surface area (Å²) in [5.74, 6) is -0.482. The predicted octanol–water partition coefficient (Wildman–Crippen LogP) is 2.06. The lowest BCUT2D eigenvalue weighted by Gasteiger charge is -2.20. The van der Waals surface area contributed by atoms with E-state index in [2.05, 4.69) is 5.32 Å². The fourth-order valence-electron chi connectivity index (χ4n) is 1.62. The highest BCUT2D eigenvalue weighted by atomic mass is 19.1. The second-order valence-electron chi connectivity index (χ2n) is 4.08. The highest BCUT2D eigenvalue weighted by Gasteiger charge is 2.10. The zero-order valence-corrected chi connectivity index (χ0v) is 9.79. The molecule has 1 N–H and O–H groups in total. The van der Waals surface area contributed by atoms with Crippen LogP contribution in [0.2, 0.25) is 0 Å². The largest absolute Gasteiger partial charge is 0.380 e. The summed E-state index contributed by atoms with van der Waals surface area (Å²) in [7, 11) is 3.93. The molecule has 0 heterocycles. The molecule has 0 amide bonds. The first-order valence-corrected chi connectivity index (χ1v) is 5.14. The van der Waals surface area contributed by atoms with Gasteiger partial charge in [0.05, 0.1) is 5.69 Å². The van der Waals surface area contributed by atoms with Crippen LogP contribution in [0.15, 0.2) is 18.2 Å². The molecule has 0 fully saturated rings. The number of benzene rings is 1. The van der Waals surface area contributed by atoms with Crippen molar-refractivity contribution in [3.05, 3.63) is 29.6 Å². The van der Waals surface area contributed by atoms with E-state index in [4.69, 9.17) is 5.26 Å². The Hall–Kier alpha value is -1.60. The van der Waals surface area contributed by atoms with Gasteiger partial charge in [-0.3, -0.25) is 0 Å². The van der Waals surface area contributed by atoms with Crippen LogP contribution in [0.4, 0.5) is 10.1 Å². The molecule has 0 bridgehead atoms. The van der Waals surface area contributed by atoms with Crippen molar-refractivity contribution in [3.8, 4) is 6.07 Å². The highest BCUT2D eigenvalue weighted by Crippen LogP contribution is 2.18. The van der Waals surface area contributed by atoms with E-state index in [0.717, 1.165) is 6.54 Å². The van der Waals surface area contributed by atoms with Crippen LogP contribution in [0.25, 0.3) is 0 Å². The Morgan fingerprint density at radius 1 is 1.50 bits per heavy atom. The van der Waals surface area contributed by atoms with E-state index < -0.39 is 5.82 Å². The number of rotatable bonds is 4. The third kappa shape index (κ3) is 3.21. The average Bonchev–Trinajstić information content (AvgIpc) is 2.16. The summed E-state index contributed by atoms with van der Waals surface area (Å²) in [6, 6.07) is 6.63. The van der Waals surface area contributed by atoms with Crippen molar-refractivity contribution in [2.24, 2.45) is 0 Å². The number of nitrogens with one attached hydrogen (secondary N) is 1. The quantitative estimate of drug-likeness (QED) is 0.845. The molecule has 16 heavy (non-hydrogen) atoms. The number of hydrogen-bond acceptors (Lipinski definition) is 3. The number of likely N-dealkylation sites (N-methyl/N-ethyl adjacent to an activating group) is 1. The first-order chi connectivity index (χ1) is 7.54. The molecule has 0 radical (unpaired) electrons. The monoisotopic (exact) mass is 221 g/mol. The van der Waals surface area contributed by atoms with E-state index in [1.54, 1.807) is 12.1 Å². The fourth-order valence-corrected chi connectivity index (χ4v) is 1.62. The Morgan fingerprint density at radius 2 is 2.19 bits per heavy atom. The van der Waals surface area contributed by atoms with E-state index in [-0.39, 0.29) is 11.6 Å². The molecule has 0 saturated carbocycles. The number of nitriles is 1. The molecule has 0 saturated heterocycles. The van der Waals surface area contributed by atoms with Crippen molar-refractivity contribution < 1.29 is 4.39 Å². The predicted molar refractivity (Wildman–Crippen MR) is 62.8 cm³/mol. The average molecular weight is 221 g/mol. The van der Waals surface area contributed by atoms with E-state index in [0.29, 0.717) is 5.69 Å². The van der Waals surface area contributed by atoms with Crippen LogP contribution in [0.3, 0.4) is 0 Å². The molecule has 4 heteroatoms. The zero-order valence-electron chi connectivity index (χ0n) is 9.79. The van der Waals surface area contributed by atoms with E-state index in [1.807, 2.05) is 32.0 Å². The maximum absolute atomic E-state index is 13.3. The SMILES string of the molecule is CC(CN(C)C)Nc1cccc(F)c1C#N. The van der Waals surface area contributed by atoms with Crippen LogP contribution in [0.5, 0.6) is 0 Å². The molecule has 1 atom stereocenters. The van der Waals surface area contributed by atoms with Crippen LogP contribution >= 0.6 is 0 Å². The minimum Gasteiger partial charge on any atom is -0.380 e. The van der Waals surface area contributed by atoms with Crippen molar-refractivity contribution in [2.45, 2.75) is 13.0 Å². The maximum Gasteiger partial charge on any atom is 0.143 e. The summed E-state index contributed by atoms with van der Waals surface area (Å²) in [4.78, 5) is 2.03. The molecule has 0 aliphatic carbocycles. The lowest BCUT2D eigenvalue weighted by molar-refractivity contribution is 0.392. The molecule has 0 aliphatic rings. The maximum atomic E-state index is 13.3. The first kappa shape index (κ1) is 12.5. The summed E-state index contributed by atoms with van der Waals surface area (Å²) in [5.41, 5.74) is 0.630. The highest BCUT2D eigenvalue weighted by molar-refractivity contribution is 5.58. The van der Waals surface area contributed by atoms with Crippen molar-refractivity contribution in [3.63, 3.8) is 0 Å². The van der Waals surface area contributed by atoms with Gasteiger partial charge in [0.1, 0.15) is 17.4 Å². The molecule has 86 valence electrons. The number of hydrogen-bond donors (Lipinski definition) is 1. The molecule has 0 aliphatic heterocycles. The third-order valence-corrected chi connectivity index (χ3v) is 2.17. The Balaban J connectivity index is 2.82. The fraction of sp³-hybridized carbons (Fsp3) is 0.417. The van der Waals surface area contributed by atoms with Gasteiger partial charge in [-0.2, -0.15) is 5.26 Å². The van der Waals surface area contributed by atoms with Crippen LogP contribution in [0.1, 0.15) is 12.5 Å². The van der Waals surface area contributed by atoms with Crippen molar-refractivity contribution in [2.75, 3.05) is 26.0 Å². The summed E-state index contributed by atoms with van der Waals surface area (Å²) >= 11 is 0. The van der Waals surface area contributed by atoms with Crippen LogP contribution in [-0.2, 0) is 0 Å². The summed E-state index contributed by atoms with van der Waals surface area (Å²) < 4.78 is 13.3. The second-order valence-corrected chi connectivity index (χ2v) is 4.08. The number of halogens is 1. The minimum absolute atomic E-state index is 0.0770. The van der Waals surface area contributed by atoms with Crippen LogP contribution in [-0.4, -0.2) is 31.6 Å². The smallest absolute Gasteiger partial charge is 0.143 e. The minimum atomic E-state index is -0.482. The van der Waals surface area contributed by atoms with Gasteiger partial charge >= 0.3 is 0 Å². The summed E-state index contributed by atoms with van der Waals surface area (Å²) in [5, 5.41) is 12.0. The molecular formula is C12H16FN3. The zero-order chi connectivity index (χ0) is 12.1. The normalized spacial score (nSPS) is 12.2. The molecule has 1 unspecified atom stereocenters. The molecule has 0 spiro atoms. The van der Waals surface area contributed by atoms with Gasteiger partial charge < -0.3 is 10.2 Å². The molecular weight excluding hydrogens is 205 g/mol. The van der Waals surface area contributed by atoms with Crippen molar-refractivity contribution in [1.29, 1.82) is 5.26 Å². The van der Waals surface area contributed by atoms with Gasteiger partial charge in [0.15, 0.2) is 0 Å². The van der Waals surface area contributed by atoms with Gasteiger partial charge in [0, 0.05) is 12.6 Å². The Bertz CT molecular complexity index is 396. The topological polar surface area (TPSA) is 39.1 Å². The number of anilines is 1. The van der Waals surface area contributed by atoms with Crippen LogP contribution < -0.4 is 5.32 Å². The first-order valence-electron chi connectivity index (χ1n) is 5.14. The molecule has 1 rings (SSSR count). The summed E-state index contributed by atoms with van der Waals surface area (Å²) in [6.07, 6.45) is 0.